The number of anilines is 1. The Bertz CT molecular complexity index is 563. The third-order valence-electron chi connectivity index (χ3n) is 2.76. The van der Waals surface area contributed by atoms with Crippen LogP contribution in [0.25, 0.3) is 0 Å². The highest BCUT2D eigenvalue weighted by Gasteiger charge is 2.22. The molecule has 0 saturated heterocycles. The van der Waals surface area contributed by atoms with E-state index in [-0.39, 0.29) is 22.7 Å². The van der Waals surface area contributed by atoms with Crippen molar-refractivity contribution in [3.63, 3.8) is 0 Å². The quantitative estimate of drug-likeness (QED) is 0.784. The van der Waals surface area contributed by atoms with Crippen molar-refractivity contribution in [1.29, 1.82) is 0 Å². The summed E-state index contributed by atoms with van der Waals surface area (Å²) in [6.45, 7) is 2.04. The van der Waals surface area contributed by atoms with Gasteiger partial charge < -0.3 is 10.6 Å². The highest BCUT2D eigenvalue weighted by Crippen LogP contribution is 2.25. The summed E-state index contributed by atoms with van der Waals surface area (Å²) in [5, 5.41) is 0. The Kier molecular flexibility index (Phi) is 5.31. The molecule has 1 rings (SSSR count). The Hall–Kier alpha value is -0.700. The van der Waals surface area contributed by atoms with Gasteiger partial charge in [-0.05, 0) is 49.1 Å². The van der Waals surface area contributed by atoms with E-state index in [1.54, 1.807) is 0 Å². The fraction of sp³-hybridized carbons (Fsp3) is 0.455. The highest BCUT2D eigenvalue weighted by molar-refractivity contribution is 9.10. The standard InChI is InChI=1S/C11H17BrFN3O2S/c1-7(16(2)3)6-15-19(17,18)10-5-8(14)4-9(12)11(10)13/h4-5,7,15H,6,14H2,1-3H3. The number of nitrogens with one attached hydrogen (secondary N) is 1. The van der Waals surface area contributed by atoms with Crippen LogP contribution in [-0.2, 0) is 10.0 Å². The van der Waals surface area contributed by atoms with E-state index in [2.05, 4.69) is 20.7 Å². The zero-order valence-corrected chi connectivity index (χ0v) is 13.3. The van der Waals surface area contributed by atoms with Gasteiger partial charge in [0.15, 0.2) is 5.82 Å². The molecule has 0 fully saturated rings. The van der Waals surface area contributed by atoms with Crippen LogP contribution < -0.4 is 10.5 Å². The van der Waals surface area contributed by atoms with Crippen molar-refractivity contribution >= 4 is 31.6 Å². The number of sulfonamides is 1. The summed E-state index contributed by atoms with van der Waals surface area (Å²) >= 11 is 2.94. The molecule has 8 heteroatoms. The van der Waals surface area contributed by atoms with Crippen LogP contribution in [0.4, 0.5) is 10.1 Å². The van der Waals surface area contributed by atoms with Gasteiger partial charge in [-0.15, -0.1) is 0 Å². The number of hydrogen-bond donors (Lipinski definition) is 2. The van der Waals surface area contributed by atoms with Crippen molar-refractivity contribution in [3.8, 4) is 0 Å². The number of nitrogens with zero attached hydrogens (tertiary/aromatic N) is 1. The molecule has 0 saturated carbocycles. The first-order chi connectivity index (χ1) is 8.65. The smallest absolute Gasteiger partial charge is 0.243 e. The predicted octanol–water partition coefficient (Wildman–Crippen LogP) is 1.40. The molecule has 1 aromatic rings. The fourth-order valence-corrected chi connectivity index (χ4v) is 3.13. The van der Waals surface area contributed by atoms with Crippen LogP contribution in [0.3, 0.4) is 0 Å². The molecule has 0 aliphatic carbocycles. The lowest BCUT2D eigenvalue weighted by molar-refractivity contribution is 0.313. The lowest BCUT2D eigenvalue weighted by Crippen LogP contribution is -2.38. The van der Waals surface area contributed by atoms with Crippen LogP contribution in [-0.4, -0.2) is 40.0 Å². The SMILES string of the molecule is CC(CNS(=O)(=O)c1cc(N)cc(Br)c1F)N(C)C. The Labute approximate surface area is 121 Å². The Morgan fingerprint density at radius 3 is 2.58 bits per heavy atom. The van der Waals surface area contributed by atoms with E-state index < -0.39 is 20.7 Å². The lowest BCUT2D eigenvalue weighted by Gasteiger charge is -2.20. The highest BCUT2D eigenvalue weighted by atomic mass is 79.9. The number of likely N-dealkylation sites (N-methyl/N-ethyl adjacent to an activating group) is 1. The summed E-state index contributed by atoms with van der Waals surface area (Å²) in [5.41, 5.74) is 5.71. The fourth-order valence-electron chi connectivity index (χ4n) is 1.27. The van der Waals surface area contributed by atoms with E-state index >= 15 is 0 Å². The van der Waals surface area contributed by atoms with Crippen LogP contribution >= 0.6 is 15.9 Å². The number of nitrogens with two attached hydrogens (primary N) is 1. The predicted molar refractivity (Wildman–Crippen MR) is 76.8 cm³/mol. The number of benzene rings is 1. The van der Waals surface area contributed by atoms with Gasteiger partial charge in [-0.2, -0.15) is 0 Å². The van der Waals surface area contributed by atoms with Gasteiger partial charge in [0.25, 0.3) is 0 Å². The van der Waals surface area contributed by atoms with Gasteiger partial charge in [-0.3, -0.25) is 0 Å². The maximum Gasteiger partial charge on any atom is 0.243 e. The first-order valence-corrected chi connectivity index (χ1v) is 7.83. The topological polar surface area (TPSA) is 75.4 Å². The van der Waals surface area contributed by atoms with Gasteiger partial charge in [-0.1, -0.05) is 0 Å². The first-order valence-electron chi connectivity index (χ1n) is 5.55. The molecule has 0 spiro atoms. The van der Waals surface area contributed by atoms with Crippen molar-refractivity contribution < 1.29 is 12.8 Å². The summed E-state index contributed by atoms with van der Waals surface area (Å²) < 4.78 is 40.3. The summed E-state index contributed by atoms with van der Waals surface area (Å²) in [4.78, 5) is 1.40. The third kappa shape index (κ3) is 4.13. The second-order valence-electron chi connectivity index (χ2n) is 4.48. The molecule has 0 amide bonds. The van der Waals surface area contributed by atoms with Crippen LogP contribution in [0.15, 0.2) is 21.5 Å². The zero-order chi connectivity index (χ0) is 14.8. The van der Waals surface area contributed by atoms with E-state index in [1.807, 2.05) is 25.9 Å². The molecule has 1 atom stereocenters. The average molecular weight is 354 g/mol. The van der Waals surface area contributed by atoms with Gasteiger partial charge in [0.1, 0.15) is 4.90 Å². The summed E-state index contributed by atoms with van der Waals surface area (Å²) in [7, 11) is -0.266. The molecular weight excluding hydrogens is 337 g/mol. The molecule has 0 bridgehead atoms. The minimum Gasteiger partial charge on any atom is -0.399 e. The Balaban J connectivity index is 3.01. The Morgan fingerprint density at radius 2 is 2.05 bits per heavy atom. The molecule has 1 unspecified atom stereocenters. The van der Waals surface area contributed by atoms with Gasteiger partial charge in [0.05, 0.1) is 4.47 Å². The second kappa shape index (κ2) is 6.17. The van der Waals surface area contributed by atoms with Crippen LogP contribution in [0.5, 0.6) is 0 Å². The second-order valence-corrected chi connectivity index (χ2v) is 7.07. The van der Waals surface area contributed by atoms with Crippen LogP contribution in [0.1, 0.15) is 6.92 Å². The maximum atomic E-state index is 13.8. The molecule has 108 valence electrons. The van der Waals surface area contributed by atoms with E-state index in [0.29, 0.717) is 0 Å². The maximum absolute atomic E-state index is 13.8. The van der Waals surface area contributed by atoms with Gasteiger partial charge >= 0.3 is 0 Å². The van der Waals surface area contributed by atoms with Crippen molar-refractivity contribution in [2.45, 2.75) is 17.9 Å². The molecule has 0 heterocycles. The van der Waals surface area contributed by atoms with Crippen molar-refractivity contribution in [2.24, 2.45) is 0 Å². The minimum atomic E-state index is -3.93. The van der Waals surface area contributed by atoms with Gasteiger partial charge in [-0.25, -0.2) is 17.5 Å². The molecule has 0 aliphatic heterocycles. The molecule has 5 nitrogen and oxygen atoms in total. The number of halogens is 2. The van der Waals surface area contributed by atoms with E-state index in [1.165, 1.54) is 6.07 Å². The van der Waals surface area contributed by atoms with E-state index in [4.69, 9.17) is 5.73 Å². The largest absolute Gasteiger partial charge is 0.399 e. The van der Waals surface area contributed by atoms with Crippen molar-refractivity contribution in [1.82, 2.24) is 9.62 Å². The van der Waals surface area contributed by atoms with Crippen molar-refractivity contribution in [2.75, 3.05) is 26.4 Å². The number of hydrogen-bond acceptors (Lipinski definition) is 4. The number of rotatable bonds is 5. The molecule has 0 aliphatic rings. The molecule has 19 heavy (non-hydrogen) atoms. The van der Waals surface area contributed by atoms with Crippen LogP contribution in [0, 0.1) is 5.82 Å². The van der Waals surface area contributed by atoms with Gasteiger partial charge in [0.2, 0.25) is 10.0 Å². The number of nitrogen functional groups attached to an aromatic ring is 1. The normalized spacial score (nSPS) is 13.8. The monoisotopic (exact) mass is 353 g/mol. The zero-order valence-electron chi connectivity index (χ0n) is 10.9. The summed E-state index contributed by atoms with van der Waals surface area (Å²) in [5.74, 6) is -0.848. The van der Waals surface area contributed by atoms with E-state index in [9.17, 15) is 12.8 Å². The molecule has 3 N–H and O–H groups in total. The molecule has 0 aromatic heterocycles. The summed E-state index contributed by atoms with van der Waals surface area (Å²) in [6.07, 6.45) is 0. The van der Waals surface area contributed by atoms with Gasteiger partial charge in [0, 0.05) is 18.3 Å². The average Bonchev–Trinajstić information content (AvgIpc) is 2.30. The van der Waals surface area contributed by atoms with Crippen LogP contribution in [0.2, 0.25) is 0 Å². The molecular formula is C11H17BrFN3O2S. The Morgan fingerprint density at radius 1 is 1.47 bits per heavy atom. The molecule has 0 radical (unpaired) electrons. The lowest BCUT2D eigenvalue weighted by atomic mass is 10.3. The van der Waals surface area contributed by atoms with E-state index in [0.717, 1.165) is 6.07 Å². The first kappa shape index (κ1) is 16.4. The summed E-state index contributed by atoms with van der Waals surface area (Å²) in [6, 6.07) is 2.40. The van der Waals surface area contributed by atoms with Crippen molar-refractivity contribution in [3.05, 3.63) is 22.4 Å². The molecule has 1 aromatic carbocycles. The minimum absolute atomic E-state index is 0.0117. The third-order valence-corrected chi connectivity index (χ3v) is 4.76.